The molecule has 1 atom stereocenters. The average Bonchev–Trinajstić information content (AvgIpc) is 2.60. The monoisotopic (exact) mass is 346 g/mol. The van der Waals surface area contributed by atoms with Gasteiger partial charge in [-0.1, -0.05) is 30.3 Å². The smallest absolute Gasteiger partial charge is 0.315 e. The van der Waals surface area contributed by atoms with Crippen LogP contribution in [0.3, 0.4) is 0 Å². The molecule has 2 rings (SSSR count). The van der Waals surface area contributed by atoms with Crippen molar-refractivity contribution in [1.82, 2.24) is 10.6 Å². The van der Waals surface area contributed by atoms with Gasteiger partial charge in [0, 0.05) is 12.1 Å². The van der Waals surface area contributed by atoms with Gasteiger partial charge in [-0.2, -0.15) is 0 Å². The zero-order chi connectivity index (χ0) is 18.3. The topological polar surface area (TPSA) is 70.6 Å². The zero-order valence-corrected chi connectivity index (χ0v) is 14.4. The summed E-state index contributed by atoms with van der Waals surface area (Å²) in [7, 11) is 0. The highest BCUT2D eigenvalue weighted by atomic mass is 19.1. The van der Waals surface area contributed by atoms with Gasteiger partial charge in [-0.05, 0) is 37.6 Å². The quantitative estimate of drug-likeness (QED) is 0.722. The third-order valence-electron chi connectivity index (χ3n) is 3.77. The molecule has 3 N–H and O–H groups in total. The molecule has 25 heavy (non-hydrogen) atoms. The van der Waals surface area contributed by atoms with Crippen molar-refractivity contribution in [3.8, 4) is 5.75 Å². The van der Waals surface area contributed by atoms with Crippen LogP contribution in [0, 0.1) is 5.82 Å². The zero-order valence-electron chi connectivity index (χ0n) is 14.4. The molecule has 0 saturated heterocycles. The molecule has 0 aliphatic rings. The number of carbonyl (C=O) groups excluding carboxylic acids is 1. The van der Waals surface area contributed by atoms with Crippen molar-refractivity contribution in [2.24, 2.45) is 0 Å². The third-order valence-corrected chi connectivity index (χ3v) is 3.77. The Bertz CT molecular complexity index is 702. The second kappa shape index (κ2) is 8.48. The molecule has 6 heteroatoms. The number of hydrogen-bond acceptors (Lipinski definition) is 3. The minimum atomic E-state index is -1.30. The van der Waals surface area contributed by atoms with Crippen molar-refractivity contribution in [3.63, 3.8) is 0 Å². The minimum Gasteiger partial charge on any atom is -0.494 e. The molecule has 0 saturated carbocycles. The van der Waals surface area contributed by atoms with Crippen molar-refractivity contribution in [2.45, 2.75) is 26.0 Å². The largest absolute Gasteiger partial charge is 0.494 e. The van der Waals surface area contributed by atoms with E-state index in [2.05, 4.69) is 10.6 Å². The van der Waals surface area contributed by atoms with E-state index in [0.717, 1.165) is 11.3 Å². The number of amides is 2. The number of ether oxygens (including phenoxy) is 1. The van der Waals surface area contributed by atoms with Gasteiger partial charge in [-0.25, -0.2) is 9.18 Å². The number of para-hydroxylation sites is 1. The Morgan fingerprint density at radius 1 is 1.16 bits per heavy atom. The molecule has 0 aliphatic heterocycles. The summed E-state index contributed by atoms with van der Waals surface area (Å²) in [4.78, 5) is 12.0. The predicted octanol–water partition coefficient (Wildman–Crippen LogP) is 2.93. The number of halogens is 1. The van der Waals surface area contributed by atoms with Gasteiger partial charge in [0.05, 0.1) is 13.2 Å². The van der Waals surface area contributed by atoms with Crippen LogP contribution < -0.4 is 15.4 Å². The lowest BCUT2D eigenvalue weighted by Crippen LogP contribution is -2.43. The first kappa shape index (κ1) is 18.7. The standard InChI is InChI=1S/C19H23FN2O3/c1-3-25-17-7-5-4-6-14(17)12-21-18(23)22-13-19(2,24)15-8-10-16(20)11-9-15/h4-11,24H,3,12-13H2,1-2H3,(H2,21,22,23). The minimum absolute atomic E-state index is 0.00241. The van der Waals surface area contributed by atoms with Crippen LogP contribution >= 0.6 is 0 Å². The van der Waals surface area contributed by atoms with Crippen LogP contribution in [-0.4, -0.2) is 24.3 Å². The van der Waals surface area contributed by atoms with Crippen LogP contribution in [-0.2, 0) is 12.1 Å². The molecule has 0 fully saturated rings. The summed E-state index contributed by atoms with van der Waals surface area (Å²) in [5.41, 5.74) is 0.0922. The summed E-state index contributed by atoms with van der Waals surface area (Å²) in [6.45, 7) is 4.31. The summed E-state index contributed by atoms with van der Waals surface area (Å²) in [5, 5.41) is 15.8. The molecule has 0 heterocycles. The Balaban J connectivity index is 1.87. The summed E-state index contributed by atoms with van der Waals surface area (Å²) >= 11 is 0. The van der Waals surface area contributed by atoms with Gasteiger partial charge < -0.3 is 20.5 Å². The number of aliphatic hydroxyl groups is 1. The normalized spacial score (nSPS) is 13.0. The first-order valence-corrected chi connectivity index (χ1v) is 8.13. The molecule has 2 amide bonds. The van der Waals surface area contributed by atoms with Crippen LogP contribution in [0.4, 0.5) is 9.18 Å². The van der Waals surface area contributed by atoms with Gasteiger partial charge in [0.15, 0.2) is 0 Å². The Labute approximate surface area is 146 Å². The van der Waals surface area contributed by atoms with Gasteiger partial charge in [0.25, 0.3) is 0 Å². The molecule has 0 aromatic heterocycles. The molecule has 1 unspecified atom stereocenters. The highest BCUT2D eigenvalue weighted by molar-refractivity contribution is 5.74. The van der Waals surface area contributed by atoms with Gasteiger partial charge >= 0.3 is 6.03 Å². The lowest BCUT2D eigenvalue weighted by Gasteiger charge is -2.24. The Morgan fingerprint density at radius 3 is 2.52 bits per heavy atom. The van der Waals surface area contributed by atoms with E-state index in [4.69, 9.17) is 4.74 Å². The summed E-state index contributed by atoms with van der Waals surface area (Å²) in [5.74, 6) is 0.349. The fraction of sp³-hybridized carbons (Fsp3) is 0.316. The van der Waals surface area contributed by atoms with E-state index in [9.17, 15) is 14.3 Å². The lowest BCUT2D eigenvalue weighted by atomic mass is 9.96. The van der Waals surface area contributed by atoms with E-state index >= 15 is 0 Å². The summed E-state index contributed by atoms with van der Waals surface area (Å²) in [6.07, 6.45) is 0. The summed E-state index contributed by atoms with van der Waals surface area (Å²) < 4.78 is 18.5. The number of nitrogens with one attached hydrogen (secondary N) is 2. The number of rotatable bonds is 7. The highest BCUT2D eigenvalue weighted by Gasteiger charge is 2.23. The van der Waals surface area contributed by atoms with Gasteiger partial charge in [0.1, 0.15) is 17.2 Å². The molecule has 0 spiro atoms. The molecule has 2 aromatic carbocycles. The van der Waals surface area contributed by atoms with Crippen molar-refractivity contribution >= 4 is 6.03 Å². The molecule has 134 valence electrons. The van der Waals surface area contributed by atoms with E-state index in [-0.39, 0.29) is 12.4 Å². The molecular formula is C19H23FN2O3. The van der Waals surface area contributed by atoms with E-state index < -0.39 is 11.6 Å². The number of benzene rings is 2. The van der Waals surface area contributed by atoms with Gasteiger partial charge in [-0.15, -0.1) is 0 Å². The average molecular weight is 346 g/mol. The van der Waals surface area contributed by atoms with E-state index in [1.807, 2.05) is 31.2 Å². The Morgan fingerprint density at radius 2 is 1.84 bits per heavy atom. The Hall–Kier alpha value is -2.60. The van der Waals surface area contributed by atoms with Gasteiger partial charge in [0.2, 0.25) is 0 Å². The fourth-order valence-electron chi connectivity index (χ4n) is 2.35. The highest BCUT2D eigenvalue weighted by Crippen LogP contribution is 2.20. The van der Waals surface area contributed by atoms with Crippen LogP contribution in [0.25, 0.3) is 0 Å². The fourth-order valence-corrected chi connectivity index (χ4v) is 2.35. The van der Waals surface area contributed by atoms with E-state index in [1.54, 1.807) is 6.92 Å². The lowest BCUT2D eigenvalue weighted by molar-refractivity contribution is 0.0593. The van der Waals surface area contributed by atoms with Crippen LogP contribution in [0.5, 0.6) is 5.75 Å². The molecule has 5 nitrogen and oxygen atoms in total. The molecule has 0 radical (unpaired) electrons. The number of carbonyl (C=O) groups is 1. The summed E-state index contributed by atoms with van der Waals surface area (Å²) in [6, 6.07) is 12.6. The van der Waals surface area contributed by atoms with E-state index in [1.165, 1.54) is 24.3 Å². The maximum absolute atomic E-state index is 13.0. The van der Waals surface area contributed by atoms with E-state index in [0.29, 0.717) is 18.7 Å². The predicted molar refractivity (Wildman–Crippen MR) is 93.8 cm³/mol. The first-order valence-electron chi connectivity index (χ1n) is 8.13. The second-order valence-electron chi connectivity index (χ2n) is 5.86. The molecule has 2 aromatic rings. The number of hydrogen-bond donors (Lipinski definition) is 3. The third kappa shape index (κ3) is 5.46. The second-order valence-corrected chi connectivity index (χ2v) is 5.86. The van der Waals surface area contributed by atoms with Crippen molar-refractivity contribution in [2.75, 3.05) is 13.2 Å². The molecule has 0 bridgehead atoms. The van der Waals surface area contributed by atoms with Crippen LogP contribution in [0.15, 0.2) is 48.5 Å². The number of urea groups is 1. The van der Waals surface area contributed by atoms with Gasteiger partial charge in [-0.3, -0.25) is 0 Å². The SMILES string of the molecule is CCOc1ccccc1CNC(=O)NCC(C)(O)c1ccc(F)cc1. The Kier molecular flexibility index (Phi) is 6.36. The first-order chi connectivity index (χ1) is 11.9. The maximum atomic E-state index is 13.0. The van der Waals surface area contributed by atoms with Crippen molar-refractivity contribution in [3.05, 3.63) is 65.5 Å². The van der Waals surface area contributed by atoms with Crippen LogP contribution in [0.2, 0.25) is 0 Å². The molecule has 0 aliphatic carbocycles. The van der Waals surface area contributed by atoms with Crippen LogP contribution in [0.1, 0.15) is 25.0 Å². The maximum Gasteiger partial charge on any atom is 0.315 e. The van der Waals surface area contributed by atoms with Crippen molar-refractivity contribution in [1.29, 1.82) is 0 Å². The van der Waals surface area contributed by atoms with Crippen molar-refractivity contribution < 1.29 is 19.0 Å². The molecular weight excluding hydrogens is 323 g/mol.